The van der Waals surface area contributed by atoms with E-state index in [0.29, 0.717) is 24.5 Å². The van der Waals surface area contributed by atoms with Crippen LogP contribution in [-0.2, 0) is 17.8 Å². The molecule has 4 rings (SSSR count). The Balaban J connectivity index is 1.45. The summed E-state index contributed by atoms with van der Waals surface area (Å²) >= 11 is 6.08. The molecular formula is C22H20ClF2N3O3. The first kappa shape index (κ1) is 21.2. The van der Waals surface area contributed by atoms with Crippen molar-refractivity contribution in [3.05, 3.63) is 76.4 Å². The van der Waals surface area contributed by atoms with Crippen molar-refractivity contribution >= 4 is 17.5 Å². The lowest BCUT2D eigenvalue weighted by Gasteiger charge is -2.34. The molecule has 1 aromatic heterocycles. The van der Waals surface area contributed by atoms with Crippen LogP contribution in [0.3, 0.4) is 0 Å². The molecule has 1 aliphatic rings. The van der Waals surface area contributed by atoms with Crippen LogP contribution in [0.25, 0.3) is 0 Å². The van der Waals surface area contributed by atoms with Crippen LogP contribution >= 0.6 is 11.6 Å². The first-order valence-corrected chi connectivity index (χ1v) is 10.3. The standard InChI is InChI=1S/C22H20ClF2N3O3/c23-17-4-3-5-18(25)16(17)12-21(29)28-11-2-1-6-19(28)22-26-20(31-27-22)13-30-15-9-7-14(24)8-10-15/h3-5,7-10,19H,1-2,6,11-13H2. The second kappa shape index (κ2) is 9.43. The normalized spacial score (nSPS) is 16.4. The lowest BCUT2D eigenvalue weighted by Crippen LogP contribution is -2.40. The highest BCUT2D eigenvalue weighted by Gasteiger charge is 2.32. The molecule has 0 radical (unpaired) electrons. The highest BCUT2D eigenvalue weighted by Crippen LogP contribution is 2.31. The van der Waals surface area contributed by atoms with E-state index in [-0.39, 0.29) is 47.3 Å². The van der Waals surface area contributed by atoms with Crippen LogP contribution in [0, 0.1) is 11.6 Å². The minimum absolute atomic E-state index is 0.0180. The van der Waals surface area contributed by atoms with Crippen LogP contribution in [0.4, 0.5) is 8.78 Å². The molecule has 162 valence electrons. The van der Waals surface area contributed by atoms with Gasteiger partial charge in [-0.3, -0.25) is 4.79 Å². The largest absolute Gasteiger partial charge is 0.484 e. The SMILES string of the molecule is O=C(Cc1c(F)cccc1Cl)N1CCCCC1c1noc(COc2ccc(F)cc2)n1. The molecule has 1 saturated heterocycles. The Bertz CT molecular complexity index is 1040. The number of hydrogen-bond acceptors (Lipinski definition) is 5. The van der Waals surface area contributed by atoms with Crippen molar-refractivity contribution in [3.8, 4) is 5.75 Å². The average Bonchev–Trinajstić information content (AvgIpc) is 3.25. The fraction of sp³-hybridized carbons (Fsp3) is 0.318. The van der Waals surface area contributed by atoms with Gasteiger partial charge in [0.1, 0.15) is 17.4 Å². The molecule has 9 heteroatoms. The maximum absolute atomic E-state index is 14.1. The summed E-state index contributed by atoms with van der Waals surface area (Å²) < 4.78 is 37.9. The van der Waals surface area contributed by atoms with Gasteiger partial charge in [0.25, 0.3) is 5.89 Å². The number of piperidine rings is 1. The molecule has 31 heavy (non-hydrogen) atoms. The summed E-state index contributed by atoms with van der Waals surface area (Å²) in [6.07, 6.45) is 2.28. The van der Waals surface area contributed by atoms with Crippen molar-refractivity contribution in [1.29, 1.82) is 0 Å². The Morgan fingerprint density at radius 3 is 2.77 bits per heavy atom. The summed E-state index contributed by atoms with van der Waals surface area (Å²) in [7, 11) is 0. The number of halogens is 3. The molecule has 1 atom stereocenters. The Morgan fingerprint density at radius 1 is 1.19 bits per heavy atom. The van der Waals surface area contributed by atoms with Crippen LogP contribution in [0.1, 0.15) is 42.6 Å². The topological polar surface area (TPSA) is 68.5 Å². The Morgan fingerprint density at radius 2 is 2.00 bits per heavy atom. The molecule has 0 spiro atoms. The molecule has 0 aliphatic carbocycles. The van der Waals surface area contributed by atoms with E-state index < -0.39 is 5.82 Å². The summed E-state index contributed by atoms with van der Waals surface area (Å²) in [5.74, 6) is -0.0109. The maximum Gasteiger partial charge on any atom is 0.264 e. The van der Waals surface area contributed by atoms with E-state index in [4.69, 9.17) is 20.9 Å². The summed E-state index contributed by atoms with van der Waals surface area (Å²) in [6, 6.07) is 9.58. The Labute approximate surface area is 182 Å². The third-order valence-corrected chi connectivity index (χ3v) is 5.52. The van der Waals surface area contributed by atoms with E-state index in [0.717, 1.165) is 12.8 Å². The van der Waals surface area contributed by atoms with E-state index in [2.05, 4.69) is 10.1 Å². The Kier molecular flexibility index (Phi) is 6.46. The van der Waals surface area contributed by atoms with Gasteiger partial charge in [0.05, 0.1) is 12.5 Å². The zero-order valence-electron chi connectivity index (χ0n) is 16.6. The second-order valence-corrected chi connectivity index (χ2v) is 7.67. The van der Waals surface area contributed by atoms with Crippen molar-refractivity contribution in [2.45, 2.75) is 38.3 Å². The summed E-state index contributed by atoms with van der Waals surface area (Å²) in [4.78, 5) is 19.0. The number of amides is 1. The summed E-state index contributed by atoms with van der Waals surface area (Å²) in [5.41, 5.74) is 0.181. The van der Waals surface area contributed by atoms with E-state index >= 15 is 0 Å². The molecule has 2 heterocycles. The Hall–Kier alpha value is -3.00. The maximum atomic E-state index is 14.1. The van der Waals surface area contributed by atoms with Gasteiger partial charge in [-0.25, -0.2) is 8.78 Å². The zero-order valence-corrected chi connectivity index (χ0v) is 17.3. The van der Waals surface area contributed by atoms with Gasteiger partial charge in [-0.05, 0) is 55.7 Å². The van der Waals surface area contributed by atoms with Crippen molar-refractivity contribution in [3.63, 3.8) is 0 Å². The number of nitrogens with zero attached hydrogens (tertiary/aromatic N) is 3. The molecular weight excluding hydrogens is 428 g/mol. The van der Waals surface area contributed by atoms with Crippen molar-refractivity contribution in [2.75, 3.05) is 6.54 Å². The molecule has 1 unspecified atom stereocenters. The fourth-order valence-electron chi connectivity index (χ4n) is 3.59. The number of hydrogen-bond donors (Lipinski definition) is 0. The quantitative estimate of drug-likeness (QED) is 0.539. The monoisotopic (exact) mass is 447 g/mol. The zero-order chi connectivity index (χ0) is 21.8. The summed E-state index contributed by atoms with van der Waals surface area (Å²) in [6.45, 7) is 0.537. The van der Waals surface area contributed by atoms with E-state index in [9.17, 15) is 13.6 Å². The lowest BCUT2D eigenvalue weighted by molar-refractivity contribution is -0.134. The number of benzene rings is 2. The third-order valence-electron chi connectivity index (χ3n) is 5.17. The summed E-state index contributed by atoms with van der Waals surface area (Å²) in [5, 5.41) is 4.24. The number of aromatic nitrogens is 2. The number of carbonyl (C=O) groups excluding carboxylic acids is 1. The first-order chi connectivity index (χ1) is 15.0. The van der Waals surface area contributed by atoms with Crippen LogP contribution in [0.2, 0.25) is 5.02 Å². The number of likely N-dealkylation sites (tertiary alicyclic amines) is 1. The molecule has 3 aromatic rings. The second-order valence-electron chi connectivity index (χ2n) is 7.26. The lowest BCUT2D eigenvalue weighted by atomic mass is 10.00. The smallest absolute Gasteiger partial charge is 0.264 e. The number of carbonyl (C=O) groups is 1. The number of ether oxygens (including phenoxy) is 1. The van der Waals surface area contributed by atoms with Crippen LogP contribution in [0.5, 0.6) is 5.75 Å². The van der Waals surface area contributed by atoms with Gasteiger partial charge >= 0.3 is 0 Å². The van der Waals surface area contributed by atoms with Crippen LogP contribution < -0.4 is 4.74 Å². The predicted molar refractivity (Wildman–Crippen MR) is 108 cm³/mol. The average molecular weight is 448 g/mol. The highest BCUT2D eigenvalue weighted by atomic mass is 35.5. The molecule has 2 aromatic carbocycles. The van der Waals surface area contributed by atoms with Crippen molar-refractivity contribution in [2.24, 2.45) is 0 Å². The first-order valence-electron chi connectivity index (χ1n) is 9.94. The fourth-order valence-corrected chi connectivity index (χ4v) is 3.82. The van der Waals surface area contributed by atoms with Gasteiger partial charge in [-0.1, -0.05) is 22.8 Å². The van der Waals surface area contributed by atoms with Crippen molar-refractivity contribution < 1.29 is 22.8 Å². The highest BCUT2D eigenvalue weighted by molar-refractivity contribution is 6.31. The minimum atomic E-state index is -0.505. The molecule has 1 amide bonds. The van der Waals surface area contributed by atoms with Gasteiger partial charge < -0.3 is 14.2 Å². The van der Waals surface area contributed by atoms with Crippen LogP contribution in [0.15, 0.2) is 47.0 Å². The van der Waals surface area contributed by atoms with Crippen molar-refractivity contribution in [1.82, 2.24) is 15.0 Å². The predicted octanol–water partition coefficient (Wildman–Crippen LogP) is 4.88. The van der Waals surface area contributed by atoms with Crippen LogP contribution in [-0.4, -0.2) is 27.5 Å². The molecule has 0 bridgehead atoms. The molecule has 0 saturated carbocycles. The van der Waals surface area contributed by atoms with Gasteiger partial charge in [0.2, 0.25) is 5.91 Å². The molecule has 0 N–H and O–H groups in total. The molecule has 6 nitrogen and oxygen atoms in total. The third kappa shape index (κ3) is 5.02. The van der Waals surface area contributed by atoms with Gasteiger partial charge in [-0.2, -0.15) is 4.98 Å². The van der Waals surface area contributed by atoms with Gasteiger partial charge in [0, 0.05) is 17.1 Å². The van der Waals surface area contributed by atoms with Gasteiger partial charge in [0.15, 0.2) is 12.4 Å². The van der Waals surface area contributed by atoms with Gasteiger partial charge in [-0.15, -0.1) is 0 Å². The molecule has 1 aliphatic heterocycles. The van der Waals surface area contributed by atoms with E-state index in [1.54, 1.807) is 11.0 Å². The van der Waals surface area contributed by atoms with E-state index in [1.807, 2.05) is 0 Å². The van der Waals surface area contributed by atoms with E-state index in [1.165, 1.54) is 36.4 Å². The number of rotatable bonds is 6. The molecule has 1 fully saturated rings. The minimum Gasteiger partial charge on any atom is -0.484 e.